The quantitative estimate of drug-likeness (QED) is 0.511. The normalized spacial score (nSPS) is 18.0. The number of methoxy groups -OCH3 is 1. The van der Waals surface area contributed by atoms with Crippen LogP contribution in [0.15, 0.2) is 70.9 Å². The fraction of sp³-hybridized carbons (Fsp3) is 0.250. The Labute approximate surface area is 190 Å². The summed E-state index contributed by atoms with van der Waals surface area (Å²) in [5, 5.41) is 5.07. The summed E-state index contributed by atoms with van der Waals surface area (Å²) in [6.45, 7) is 0.817. The third kappa shape index (κ3) is 4.39. The van der Waals surface area contributed by atoms with Crippen molar-refractivity contribution in [1.29, 1.82) is 0 Å². The summed E-state index contributed by atoms with van der Waals surface area (Å²) < 4.78 is 5.27. The minimum atomic E-state index is -0.526. The Morgan fingerprint density at radius 2 is 2.00 bits per heavy atom. The molecule has 0 spiro atoms. The van der Waals surface area contributed by atoms with Gasteiger partial charge in [0, 0.05) is 34.7 Å². The summed E-state index contributed by atoms with van der Waals surface area (Å²) in [6.07, 6.45) is 2.00. The Morgan fingerprint density at radius 1 is 1.16 bits per heavy atom. The van der Waals surface area contributed by atoms with Crippen molar-refractivity contribution in [2.75, 3.05) is 31.8 Å². The number of fused-ring (bicyclic) bond motifs is 1. The molecule has 31 heavy (non-hydrogen) atoms. The zero-order chi connectivity index (χ0) is 21.8. The number of carbonyl (C=O) groups excluding carboxylic acids is 2. The van der Waals surface area contributed by atoms with Crippen LogP contribution in [0.4, 0.5) is 5.69 Å². The average Bonchev–Trinajstić information content (AvgIpc) is 3.33. The number of thioether (sulfide) groups is 1. The highest BCUT2D eigenvalue weighted by Crippen LogP contribution is 2.44. The second kappa shape index (κ2) is 9.68. The first-order valence-electron chi connectivity index (χ1n) is 10.0. The van der Waals surface area contributed by atoms with E-state index in [4.69, 9.17) is 4.74 Å². The van der Waals surface area contributed by atoms with Crippen LogP contribution in [0.25, 0.3) is 0 Å². The largest absolute Gasteiger partial charge is 0.383 e. The fourth-order valence-electron chi connectivity index (χ4n) is 4.01. The van der Waals surface area contributed by atoms with Crippen molar-refractivity contribution in [3.63, 3.8) is 0 Å². The molecule has 1 N–H and O–H groups in total. The molecule has 0 saturated heterocycles. The van der Waals surface area contributed by atoms with Crippen molar-refractivity contribution in [3.8, 4) is 0 Å². The SMILES string of the molecule is COCCN1C(=O)c2ccccc2[C@@H](C(=O)Nc2cccc(SC)c2)[C@H]1c1cccs1. The van der Waals surface area contributed by atoms with E-state index in [-0.39, 0.29) is 17.9 Å². The first-order chi connectivity index (χ1) is 15.1. The zero-order valence-corrected chi connectivity index (χ0v) is 19.0. The molecular formula is C24H24N2O3S2. The van der Waals surface area contributed by atoms with Crippen molar-refractivity contribution < 1.29 is 14.3 Å². The lowest BCUT2D eigenvalue weighted by Gasteiger charge is -2.41. The number of benzene rings is 2. The van der Waals surface area contributed by atoms with E-state index in [1.54, 1.807) is 41.2 Å². The summed E-state index contributed by atoms with van der Waals surface area (Å²) in [5.74, 6) is -0.721. The van der Waals surface area contributed by atoms with Crippen LogP contribution in [0.1, 0.15) is 32.8 Å². The minimum Gasteiger partial charge on any atom is -0.383 e. The molecule has 0 aliphatic carbocycles. The maximum atomic E-state index is 13.7. The molecule has 5 nitrogen and oxygen atoms in total. The second-order valence-corrected chi connectivity index (χ2v) is 9.10. The standard InChI is InChI=1S/C24H24N2O3S2/c1-29-13-12-26-22(20-11-6-14-31-20)21(18-9-3-4-10-19(18)24(26)28)23(27)25-16-7-5-8-17(15-16)30-2/h3-11,14-15,21-22H,12-13H2,1-2H3,(H,25,27)/t21-,22-/m1/s1. The predicted octanol–water partition coefficient (Wildman–Crippen LogP) is 5.04. The molecular weight excluding hydrogens is 428 g/mol. The van der Waals surface area contributed by atoms with Crippen LogP contribution < -0.4 is 5.32 Å². The van der Waals surface area contributed by atoms with Gasteiger partial charge in [0.2, 0.25) is 5.91 Å². The van der Waals surface area contributed by atoms with Gasteiger partial charge in [-0.05, 0) is 47.5 Å². The van der Waals surface area contributed by atoms with E-state index < -0.39 is 5.92 Å². The Balaban J connectivity index is 1.78. The number of hydrogen-bond acceptors (Lipinski definition) is 5. The van der Waals surface area contributed by atoms with Gasteiger partial charge in [0.15, 0.2) is 0 Å². The van der Waals surface area contributed by atoms with Crippen LogP contribution >= 0.6 is 23.1 Å². The van der Waals surface area contributed by atoms with Crippen LogP contribution in [-0.4, -0.2) is 43.2 Å². The summed E-state index contributed by atoms with van der Waals surface area (Å²) in [5.41, 5.74) is 2.09. The molecule has 2 aromatic carbocycles. The molecule has 7 heteroatoms. The Morgan fingerprint density at radius 3 is 2.74 bits per heavy atom. The zero-order valence-electron chi connectivity index (χ0n) is 17.4. The first-order valence-corrected chi connectivity index (χ1v) is 12.1. The molecule has 160 valence electrons. The molecule has 0 radical (unpaired) electrons. The van der Waals surface area contributed by atoms with Crippen LogP contribution in [0.2, 0.25) is 0 Å². The summed E-state index contributed by atoms with van der Waals surface area (Å²) in [4.78, 5) is 30.9. The second-order valence-electron chi connectivity index (χ2n) is 7.24. The van der Waals surface area contributed by atoms with Crippen molar-refractivity contribution in [3.05, 3.63) is 82.0 Å². The molecule has 2 atom stereocenters. The number of carbonyl (C=O) groups is 2. The predicted molar refractivity (Wildman–Crippen MR) is 126 cm³/mol. The number of amides is 2. The monoisotopic (exact) mass is 452 g/mol. The van der Waals surface area contributed by atoms with E-state index >= 15 is 0 Å². The molecule has 1 aromatic heterocycles. The van der Waals surface area contributed by atoms with Gasteiger partial charge >= 0.3 is 0 Å². The van der Waals surface area contributed by atoms with Gasteiger partial charge in [0.25, 0.3) is 5.91 Å². The lowest BCUT2D eigenvalue weighted by Crippen LogP contribution is -2.47. The lowest BCUT2D eigenvalue weighted by molar-refractivity contribution is -0.119. The van der Waals surface area contributed by atoms with Crippen molar-refractivity contribution in [2.24, 2.45) is 0 Å². The van der Waals surface area contributed by atoms with E-state index in [1.807, 2.05) is 66.2 Å². The minimum absolute atomic E-state index is 0.0699. The highest BCUT2D eigenvalue weighted by Gasteiger charge is 2.44. The number of nitrogens with zero attached hydrogens (tertiary/aromatic N) is 1. The molecule has 2 amide bonds. The third-order valence-corrected chi connectivity index (χ3v) is 7.10. The van der Waals surface area contributed by atoms with Crippen molar-refractivity contribution in [1.82, 2.24) is 4.90 Å². The number of ether oxygens (including phenoxy) is 1. The Kier molecular flexibility index (Phi) is 6.75. The molecule has 1 aliphatic rings. The third-order valence-electron chi connectivity index (χ3n) is 5.43. The average molecular weight is 453 g/mol. The van der Waals surface area contributed by atoms with Crippen LogP contribution in [0.5, 0.6) is 0 Å². The van der Waals surface area contributed by atoms with E-state index in [9.17, 15) is 9.59 Å². The van der Waals surface area contributed by atoms with E-state index in [0.29, 0.717) is 18.7 Å². The van der Waals surface area contributed by atoms with Crippen LogP contribution in [0.3, 0.4) is 0 Å². The van der Waals surface area contributed by atoms with E-state index in [1.165, 1.54) is 0 Å². The van der Waals surface area contributed by atoms with Gasteiger partial charge in [-0.3, -0.25) is 9.59 Å². The van der Waals surface area contributed by atoms with Gasteiger partial charge < -0.3 is 15.0 Å². The number of rotatable bonds is 7. The van der Waals surface area contributed by atoms with Gasteiger partial charge in [-0.1, -0.05) is 30.3 Å². The number of thiophene rings is 1. The summed E-state index contributed by atoms with van der Waals surface area (Å²) in [7, 11) is 1.62. The van der Waals surface area contributed by atoms with Crippen molar-refractivity contribution >= 4 is 40.6 Å². The molecule has 0 unspecified atom stereocenters. The summed E-state index contributed by atoms with van der Waals surface area (Å²) >= 11 is 3.18. The van der Waals surface area contributed by atoms with Gasteiger partial charge in [-0.2, -0.15) is 0 Å². The number of hydrogen-bond donors (Lipinski definition) is 1. The molecule has 0 fully saturated rings. The smallest absolute Gasteiger partial charge is 0.254 e. The molecule has 4 rings (SSSR count). The van der Waals surface area contributed by atoms with E-state index in [2.05, 4.69) is 5.32 Å². The molecule has 0 bridgehead atoms. The highest BCUT2D eigenvalue weighted by atomic mass is 32.2. The maximum Gasteiger partial charge on any atom is 0.254 e. The van der Waals surface area contributed by atoms with Gasteiger partial charge in [0.05, 0.1) is 18.6 Å². The molecule has 1 aliphatic heterocycles. The number of nitrogens with one attached hydrogen (secondary N) is 1. The summed E-state index contributed by atoms with van der Waals surface area (Å²) in [6, 6.07) is 18.8. The lowest BCUT2D eigenvalue weighted by atomic mass is 9.81. The van der Waals surface area contributed by atoms with Crippen molar-refractivity contribution in [2.45, 2.75) is 16.9 Å². The Hall–Kier alpha value is -2.61. The van der Waals surface area contributed by atoms with Crippen LogP contribution in [-0.2, 0) is 9.53 Å². The molecule has 2 heterocycles. The topological polar surface area (TPSA) is 58.6 Å². The maximum absolute atomic E-state index is 13.7. The van der Waals surface area contributed by atoms with Gasteiger partial charge in [0.1, 0.15) is 0 Å². The van der Waals surface area contributed by atoms with Crippen LogP contribution in [0, 0.1) is 0 Å². The fourth-order valence-corrected chi connectivity index (χ4v) is 5.34. The molecule has 3 aromatic rings. The Bertz CT molecular complexity index is 1070. The highest BCUT2D eigenvalue weighted by molar-refractivity contribution is 7.98. The van der Waals surface area contributed by atoms with Gasteiger partial charge in [-0.15, -0.1) is 23.1 Å². The molecule has 0 saturated carbocycles. The van der Waals surface area contributed by atoms with Gasteiger partial charge in [-0.25, -0.2) is 0 Å². The van der Waals surface area contributed by atoms with E-state index in [0.717, 1.165) is 21.0 Å². The number of anilines is 1. The first kappa shape index (κ1) is 21.6.